The molecule has 8 heteroatoms. The van der Waals surface area contributed by atoms with Crippen LogP contribution in [0.25, 0.3) is 21.0 Å². The highest BCUT2D eigenvalue weighted by atomic mass is 32.2. The third-order valence-corrected chi connectivity index (χ3v) is 6.48. The number of hydrogen-bond donors (Lipinski definition) is 1. The van der Waals surface area contributed by atoms with Crippen LogP contribution in [-0.2, 0) is 16.6 Å². The van der Waals surface area contributed by atoms with Crippen molar-refractivity contribution in [1.29, 1.82) is 0 Å². The Morgan fingerprint density at radius 1 is 1.23 bits per heavy atom. The zero-order valence-electron chi connectivity index (χ0n) is 14.9. The maximum Gasteiger partial charge on any atom is 0.211 e. The molecule has 1 aromatic carbocycles. The standard InChI is InChI=1S/C18H23N3O3S2/c1-3-21(26(2,22)23)12-6-11-19-13-14-9-10-16(24-14)18-20-15-7-4-5-8-17(15)25-18/h4-5,7-10,19H,3,6,11-13H2,1-2H3. The molecule has 26 heavy (non-hydrogen) atoms. The first-order valence-corrected chi connectivity index (χ1v) is 11.2. The normalized spacial score (nSPS) is 12.3. The molecule has 0 atom stereocenters. The number of nitrogens with zero attached hydrogens (tertiary/aromatic N) is 2. The van der Waals surface area contributed by atoms with E-state index in [1.54, 1.807) is 11.3 Å². The molecule has 0 saturated heterocycles. The van der Waals surface area contributed by atoms with Crippen molar-refractivity contribution >= 4 is 31.6 Å². The molecule has 0 spiro atoms. The summed E-state index contributed by atoms with van der Waals surface area (Å²) < 4.78 is 31.6. The number of fused-ring (bicyclic) bond motifs is 1. The van der Waals surface area contributed by atoms with Crippen LogP contribution in [0.2, 0.25) is 0 Å². The summed E-state index contributed by atoms with van der Waals surface area (Å²) in [7, 11) is -3.11. The number of para-hydroxylation sites is 1. The molecule has 2 heterocycles. The number of aromatic nitrogens is 1. The number of hydrogen-bond acceptors (Lipinski definition) is 6. The van der Waals surface area contributed by atoms with Crippen molar-refractivity contribution in [3.63, 3.8) is 0 Å². The molecule has 0 aliphatic carbocycles. The molecule has 140 valence electrons. The van der Waals surface area contributed by atoms with Gasteiger partial charge in [0.25, 0.3) is 0 Å². The largest absolute Gasteiger partial charge is 0.457 e. The highest BCUT2D eigenvalue weighted by Crippen LogP contribution is 2.31. The Hall–Kier alpha value is -1.74. The van der Waals surface area contributed by atoms with Gasteiger partial charge in [-0.15, -0.1) is 11.3 Å². The number of benzene rings is 1. The Kier molecular flexibility index (Phi) is 6.08. The molecule has 0 aliphatic heterocycles. The highest BCUT2D eigenvalue weighted by Gasteiger charge is 2.13. The van der Waals surface area contributed by atoms with Crippen molar-refractivity contribution in [3.05, 3.63) is 42.2 Å². The first-order chi connectivity index (χ1) is 12.5. The second-order valence-corrected chi connectivity index (χ2v) is 9.05. The van der Waals surface area contributed by atoms with Gasteiger partial charge in [0, 0.05) is 13.1 Å². The summed E-state index contributed by atoms with van der Waals surface area (Å²) in [4.78, 5) is 4.60. The smallest absolute Gasteiger partial charge is 0.211 e. The minimum atomic E-state index is -3.11. The topological polar surface area (TPSA) is 75.4 Å². The van der Waals surface area contributed by atoms with Gasteiger partial charge in [-0.05, 0) is 37.2 Å². The van der Waals surface area contributed by atoms with E-state index >= 15 is 0 Å². The fourth-order valence-electron chi connectivity index (χ4n) is 2.72. The van der Waals surface area contributed by atoms with Gasteiger partial charge in [-0.2, -0.15) is 0 Å². The third-order valence-electron chi connectivity index (χ3n) is 4.05. The van der Waals surface area contributed by atoms with E-state index in [0.717, 1.165) is 39.7 Å². The molecular weight excluding hydrogens is 370 g/mol. The summed E-state index contributed by atoms with van der Waals surface area (Å²) in [5, 5.41) is 4.17. The predicted molar refractivity (Wildman–Crippen MR) is 106 cm³/mol. The molecule has 0 radical (unpaired) electrons. The summed E-state index contributed by atoms with van der Waals surface area (Å²) in [6.07, 6.45) is 2.00. The van der Waals surface area contributed by atoms with Crippen LogP contribution in [-0.4, -0.2) is 43.6 Å². The summed E-state index contributed by atoms with van der Waals surface area (Å²) in [6.45, 7) is 4.21. The maximum absolute atomic E-state index is 11.5. The Balaban J connectivity index is 1.50. The van der Waals surface area contributed by atoms with Gasteiger partial charge < -0.3 is 9.73 Å². The van der Waals surface area contributed by atoms with Crippen LogP contribution in [0.3, 0.4) is 0 Å². The molecular formula is C18H23N3O3S2. The van der Waals surface area contributed by atoms with Gasteiger partial charge in [-0.3, -0.25) is 0 Å². The molecule has 0 bridgehead atoms. The van der Waals surface area contributed by atoms with Gasteiger partial charge in [0.1, 0.15) is 5.76 Å². The first kappa shape index (κ1) is 19.0. The highest BCUT2D eigenvalue weighted by molar-refractivity contribution is 7.88. The Morgan fingerprint density at radius 3 is 2.77 bits per heavy atom. The van der Waals surface area contributed by atoms with E-state index in [9.17, 15) is 8.42 Å². The van der Waals surface area contributed by atoms with Gasteiger partial charge in [0.2, 0.25) is 10.0 Å². The predicted octanol–water partition coefficient (Wildman–Crippen LogP) is 3.32. The van der Waals surface area contributed by atoms with Gasteiger partial charge in [0.05, 0.1) is 23.0 Å². The Morgan fingerprint density at radius 2 is 2.04 bits per heavy atom. The van der Waals surface area contributed by atoms with E-state index in [1.807, 2.05) is 37.3 Å². The summed E-state index contributed by atoms with van der Waals surface area (Å²) >= 11 is 1.62. The van der Waals surface area contributed by atoms with Crippen molar-refractivity contribution < 1.29 is 12.8 Å². The van der Waals surface area contributed by atoms with Crippen molar-refractivity contribution in [2.45, 2.75) is 19.9 Å². The lowest BCUT2D eigenvalue weighted by Gasteiger charge is -2.17. The number of thiazole rings is 1. The summed E-state index contributed by atoms with van der Waals surface area (Å²) in [5.74, 6) is 1.62. The van der Waals surface area contributed by atoms with E-state index in [0.29, 0.717) is 19.6 Å². The number of rotatable bonds is 9. The summed E-state index contributed by atoms with van der Waals surface area (Å²) in [5.41, 5.74) is 0.981. The third kappa shape index (κ3) is 4.70. The van der Waals surface area contributed by atoms with Crippen LogP contribution in [0.1, 0.15) is 19.1 Å². The molecule has 1 N–H and O–H groups in total. The monoisotopic (exact) mass is 393 g/mol. The molecule has 3 rings (SSSR count). The first-order valence-electron chi connectivity index (χ1n) is 8.58. The van der Waals surface area contributed by atoms with Gasteiger partial charge in [-0.1, -0.05) is 19.1 Å². The molecule has 0 unspecified atom stereocenters. The van der Waals surface area contributed by atoms with Crippen LogP contribution in [0.5, 0.6) is 0 Å². The minimum absolute atomic E-state index is 0.503. The Bertz CT molecular complexity index is 930. The van der Waals surface area contributed by atoms with Crippen molar-refractivity contribution in [1.82, 2.24) is 14.6 Å². The molecule has 0 amide bonds. The molecule has 3 aromatic rings. The van der Waals surface area contributed by atoms with Crippen LogP contribution < -0.4 is 5.32 Å². The lowest BCUT2D eigenvalue weighted by Crippen LogP contribution is -2.32. The molecule has 0 fully saturated rings. The van der Waals surface area contributed by atoms with Crippen molar-refractivity contribution in [2.75, 3.05) is 25.9 Å². The number of furan rings is 1. The minimum Gasteiger partial charge on any atom is -0.457 e. The van der Waals surface area contributed by atoms with Crippen molar-refractivity contribution in [2.24, 2.45) is 0 Å². The SMILES string of the molecule is CCN(CCCNCc1ccc(-c2nc3ccccc3s2)o1)S(C)(=O)=O. The van der Waals surface area contributed by atoms with E-state index in [4.69, 9.17) is 4.42 Å². The molecule has 6 nitrogen and oxygen atoms in total. The lowest BCUT2D eigenvalue weighted by atomic mass is 10.3. The van der Waals surface area contributed by atoms with E-state index in [2.05, 4.69) is 16.4 Å². The Labute approximate surface area is 157 Å². The maximum atomic E-state index is 11.5. The number of sulfonamides is 1. The summed E-state index contributed by atoms with van der Waals surface area (Å²) in [6, 6.07) is 11.9. The van der Waals surface area contributed by atoms with Crippen LogP contribution >= 0.6 is 11.3 Å². The number of nitrogens with one attached hydrogen (secondary N) is 1. The van der Waals surface area contributed by atoms with E-state index < -0.39 is 10.0 Å². The quantitative estimate of drug-likeness (QED) is 0.565. The van der Waals surface area contributed by atoms with Gasteiger partial charge >= 0.3 is 0 Å². The van der Waals surface area contributed by atoms with Crippen LogP contribution in [0.4, 0.5) is 0 Å². The van der Waals surface area contributed by atoms with Crippen LogP contribution in [0, 0.1) is 0 Å². The van der Waals surface area contributed by atoms with Crippen LogP contribution in [0.15, 0.2) is 40.8 Å². The van der Waals surface area contributed by atoms with E-state index in [-0.39, 0.29) is 0 Å². The second-order valence-electron chi connectivity index (χ2n) is 6.04. The molecule has 0 aliphatic rings. The fraction of sp³-hybridized carbons (Fsp3) is 0.389. The zero-order valence-corrected chi connectivity index (χ0v) is 16.6. The van der Waals surface area contributed by atoms with Gasteiger partial charge in [0.15, 0.2) is 10.8 Å². The average Bonchev–Trinajstić information content (AvgIpc) is 3.23. The second kappa shape index (κ2) is 8.30. The fourth-order valence-corrected chi connectivity index (χ4v) is 4.57. The van der Waals surface area contributed by atoms with Crippen molar-refractivity contribution in [3.8, 4) is 10.8 Å². The average molecular weight is 394 g/mol. The molecule has 0 saturated carbocycles. The van der Waals surface area contributed by atoms with E-state index in [1.165, 1.54) is 10.6 Å². The molecule has 2 aromatic heterocycles. The lowest BCUT2D eigenvalue weighted by molar-refractivity contribution is 0.414. The van der Waals surface area contributed by atoms with Gasteiger partial charge in [-0.25, -0.2) is 17.7 Å². The zero-order chi connectivity index (χ0) is 18.6.